The van der Waals surface area contributed by atoms with E-state index in [4.69, 9.17) is 0 Å². The van der Waals surface area contributed by atoms with Crippen LogP contribution in [0.1, 0.15) is 19.4 Å². The number of aliphatic imine (C=N–C) groups is 1. The maximum Gasteiger partial charge on any atom is 0.341 e. The SMILES string of the molecule is CC(C)C(CO)N=CC(C(=O)O)=C(O)c1cc(I)c(F)cc1F. The van der Waals surface area contributed by atoms with Crippen molar-refractivity contribution in [3.63, 3.8) is 0 Å². The number of rotatable bonds is 6. The van der Waals surface area contributed by atoms with Gasteiger partial charge in [0.25, 0.3) is 0 Å². The fourth-order valence-corrected chi connectivity index (χ4v) is 2.13. The largest absolute Gasteiger partial charge is 0.506 e. The number of carboxylic acid groups (broad SMARTS) is 1. The first-order valence-corrected chi connectivity index (χ1v) is 7.72. The van der Waals surface area contributed by atoms with Gasteiger partial charge in [-0.25, -0.2) is 13.6 Å². The smallest absolute Gasteiger partial charge is 0.341 e. The Morgan fingerprint density at radius 1 is 1.30 bits per heavy atom. The van der Waals surface area contributed by atoms with E-state index in [2.05, 4.69) is 4.99 Å². The summed E-state index contributed by atoms with van der Waals surface area (Å²) in [6.07, 6.45) is 0.869. The summed E-state index contributed by atoms with van der Waals surface area (Å²) in [6, 6.07) is 1.01. The van der Waals surface area contributed by atoms with Crippen molar-refractivity contribution < 1.29 is 28.9 Å². The molecule has 0 heterocycles. The number of carboxylic acids is 1. The molecule has 0 saturated heterocycles. The topological polar surface area (TPSA) is 90.1 Å². The molecule has 0 fully saturated rings. The lowest BCUT2D eigenvalue weighted by Gasteiger charge is -2.13. The molecular formula is C15H16F2INO4. The first kappa shape index (κ1) is 19.5. The number of aliphatic hydroxyl groups excluding tert-OH is 2. The van der Waals surface area contributed by atoms with E-state index in [-0.39, 0.29) is 16.1 Å². The van der Waals surface area contributed by atoms with Crippen LogP contribution in [0.2, 0.25) is 0 Å². The van der Waals surface area contributed by atoms with Crippen LogP contribution in [0.4, 0.5) is 8.78 Å². The van der Waals surface area contributed by atoms with Crippen molar-refractivity contribution in [2.75, 3.05) is 6.61 Å². The molecule has 0 saturated carbocycles. The second-order valence-corrected chi connectivity index (χ2v) is 6.25. The van der Waals surface area contributed by atoms with Crippen LogP contribution in [-0.2, 0) is 4.79 Å². The van der Waals surface area contributed by atoms with Gasteiger partial charge in [0.05, 0.1) is 18.2 Å². The molecule has 8 heteroatoms. The third kappa shape index (κ3) is 4.96. The van der Waals surface area contributed by atoms with Crippen molar-refractivity contribution in [2.45, 2.75) is 19.9 Å². The number of hydrogen-bond acceptors (Lipinski definition) is 4. The molecule has 5 nitrogen and oxygen atoms in total. The Morgan fingerprint density at radius 2 is 1.91 bits per heavy atom. The summed E-state index contributed by atoms with van der Waals surface area (Å²) < 4.78 is 27.1. The van der Waals surface area contributed by atoms with Crippen LogP contribution in [0.3, 0.4) is 0 Å². The summed E-state index contributed by atoms with van der Waals surface area (Å²) >= 11 is 1.60. The van der Waals surface area contributed by atoms with Gasteiger partial charge in [0.1, 0.15) is 23.0 Å². The molecule has 0 spiro atoms. The van der Waals surface area contributed by atoms with Gasteiger partial charge in [-0.15, -0.1) is 0 Å². The van der Waals surface area contributed by atoms with E-state index in [0.29, 0.717) is 6.07 Å². The van der Waals surface area contributed by atoms with Crippen LogP contribution in [0, 0.1) is 21.1 Å². The predicted octanol–water partition coefficient (Wildman–Crippen LogP) is 3.01. The number of aliphatic hydroxyl groups is 2. The van der Waals surface area contributed by atoms with Crippen LogP contribution < -0.4 is 0 Å². The van der Waals surface area contributed by atoms with Crippen LogP contribution in [0.15, 0.2) is 22.7 Å². The van der Waals surface area contributed by atoms with Crippen LogP contribution in [0.5, 0.6) is 0 Å². The molecule has 126 valence electrons. The van der Waals surface area contributed by atoms with Crippen molar-refractivity contribution in [3.05, 3.63) is 38.5 Å². The summed E-state index contributed by atoms with van der Waals surface area (Å²) in [7, 11) is 0. The number of hydrogen-bond donors (Lipinski definition) is 3. The second-order valence-electron chi connectivity index (χ2n) is 5.09. The Balaban J connectivity index is 3.37. The molecule has 23 heavy (non-hydrogen) atoms. The molecule has 0 aliphatic heterocycles. The fraction of sp³-hybridized carbons (Fsp3) is 0.333. The van der Waals surface area contributed by atoms with Gasteiger partial charge in [0.15, 0.2) is 0 Å². The molecule has 0 aromatic heterocycles. The summed E-state index contributed by atoms with van der Waals surface area (Å²) in [4.78, 5) is 15.2. The maximum absolute atomic E-state index is 13.8. The minimum atomic E-state index is -1.52. The first-order valence-electron chi connectivity index (χ1n) is 6.64. The Labute approximate surface area is 145 Å². The Kier molecular flexibility index (Phi) is 7.07. The van der Waals surface area contributed by atoms with Crippen molar-refractivity contribution in [1.29, 1.82) is 0 Å². The molecule has 0 radical (unpaired) electrons. The average Bonchev–Trinajstić information content (AvgIpc) is 2.46. The molecule has 1 aromatic carbocycles. The molecule has 0 aliphatic rings. The monoisotopic (exact) mass is 439 g/mol. The van der Waals surface area contributed by atoms with Crippen molar-refractivity contribution in [2.24, 2.45) is 10.9 Å². The highest BCUT2D eigenvalue weighted by atomic mass is 127. The molecule has 0 bridgehead atoms. The second kappa shape index (κ2) is 8.34. The fourth-order valence-electron chi connectivity index (χ4n) is 1.67. The lowest BCUT2D eigenvalue weighted by molar-refractivity contribution is -0.132. The zero-order chi connectivity index (χ0) is 17.7. The summed E-state index contributed by atoms with van der Waals surface area (Å²) in [5, 5.41) is 28.4. The quantitative estimate of drug-likeness (QED) is 0.209. The number of aliphatic carboxylic acids is 1. The van der Waals surface area contributed by atoms with E-state index in [0.717, 1.165) is 12.3 Å². The van der Waals surface area contributed by atoms with Gasteiger partial charge in [0.2, 0.25) is 0 Å². The first-order chi connectivity index (χ1) is 10.7. The number of nitrogens with zero attached hydrogens (tertiary/aromatic N) is 1. The minimum absolute atomic E-state index is 0.0302. The Morgan fingerprint density at radius 3 is 2.39 bits per heavy atom. The van der Waals surface area contributed by atoms with E-state index in [1.165, 1.54) is 0 Å². The van der Waals surface area contributed by atoms with E-state index in [1.807, 2.05) is 0 Å². The molecular weight excluding hydrogens is 423 g/mol. The molecule has 1 aromatic rings. The number of benzene rings is 1. The van der Waals surface area contributed by atoms with Gasteiger partial charge in [-0.2, -0.15) is 0 Å². The van der Waals surface area contributed by atoms with E-state index >= 15 is 0 Å². The minimum Gasteiger partial charge on any atom is -0.506 e. The van der Waals surface area contributed by atoms with Gasteiger partial charge in [-0.1, -0.05) is 13.8 Å². The lowest BCUT2D eigenvalue weighted by Crippen LogP contribution is -2.18. The molecule has 0 aliphatic carbocycles. The predicted molar refractivity (Wildman–Crippen MR) is 90.5 cm³/mol. The normalized spacial score (nSPS) is 14.2. The van der Waals surface area contributed by atoms with Gasteiger partial charge in [0, 0.05) is 15.9 Å². The van der Waals surface area contributed by atoms with Crippen LogP contribution >= 0.6 is 22.6 Å². The highest BCUT2D eigenvalue weighted by molar-refractivity contribution is 14.1. The zero-order valence-electron chi connectivity index (χ0n) is 12.4. The highest BCUT2D eigenvalue weighted by Crippen LogP contribution is 2.24. The molecule has 1 atom stereocenters. The van der Waals surface area contributed by atoms with Gasteiger partial charge in [-0.3, -0.25) is 4.99 Å². The zero-order valence-corrected chi connectivity index (χ0v) is 14.6. The van der Waals surface area contributed by atoms with E-state index < -0.39 is 40.5 Å². The van der Waals surface area contributed by atoms with E-state index in [1.54, 1.807) is 36.4 Å². The van der Waals surface area contributed by atoms with E-state index in [9.17, 15) is 28.9 Å². The highest BCUT2D eigenvalue weighted by Gasteiger charge is 2.19. The Hall–Kier alpha value is -1.55. The lowest BCUT2D eigenvalue weighted by atomic mass is 10.1. The summed E-state index contributed by atoms with van der Waals surface area (Å²) in [5.74, 6) is -4.35. The third-order valence-electron chi connectivity index (χ3n) is 3.10. The molecule has 1 rings (SSSR count). The van der Waals surface area contributed by atoms with Gasteiger partial charge < -0.3 is 15.3 Å². The molecule has 0 amide bonds. The summed E-state index contributed by atoms with van der Waals surface area (Å²) in [6.45, 7) is 3.26. The van der Waals surface area contributed by atoms with Crippen LogP contribution in [-0.4, -0.2) is 40.2 Å². The van der Waals surface area contributed by atoms with Gasteiger partial charge in [-0.05, 0) is 34.6 Å². The average molecular weight is 439 g/mol. The standard InChI is InChI=1S/C15H16F2INO4/c1-7(2)13(6-20)19-5-9(15(22)23)14(21)8-3-12(18)11(17)4-10(8)16/h3-5,7,13,20-21H,6H2,1-2H3,(H,22,23). The van der Waals surface area contributed by atoms with Crippen molar-refractivity contribution >= 4 is 40.5 Å². The van der Waals surface area contributed by atoms with Crippen LogP contribution in [0.25, 0.3) is 5.76 Å². The van der Waals surface area contributed by atoms with Crippen molar-refractivity contribution in [1.82, 2.24) is 0 Å². The van der Waals surface area contributed by atoms with Crippen molar-refractivity contribution in [3.8, 4) is 0 Å². The summed E-state index contributed by atoms with van der Waals surface area (Å²) in [5.41, 5.74) is -1.09. The number of halogens is 3. The maximum atomic E-state index is 13.8. The molecule has 3 N–H and O–H groups in total. The molecule has 1 unspecified atom stereocenters. The van der Waals surface area contributed by atoms with Gasteiger partial charge >= 0.3 is 5.97 Å². The number of carbonyl (C=O) groups is 1. The Bertz CT molecular complexity index is 659. The third-order valence-corrected chi connectivity index (χ3v) is 3.93.